The van der Waals surface area contributed by atoms with E-state index < -0.39 is 21.2 Å². The second-order valence-corrected chi connectivity index (χ2v) is 9.79. The van der Waals surface area contributed by atoms with Crippen molar-refractivity contribution < 1.29 is 0 Å². The Morgan fingerprint density at radius 1 is 1.33 bits per heavy atom. The van der Waals surface area contributed by atoms with Crippen molar-refractivity contribution in [2.24, 2.45) is 0 Å². The zero-order valence-corrected chi connectivity index (χ0v) is 8.65. The number of hydrogen-bond acceptors (Lipinski definition) is 1. The van der Waals surface area contributed by atoms with Crippen LogP contribution in [-0.2, 0) is 0 Å². The number of hydrogen-bond donors (Lipinski definition) is 0. The summed E-state index contributed by atoms with van der Waals surface area (Å²) in [6.45, 7) is 6.66. The zero-order valence-electron chi connectivity index (χ0n) is 4.36. The average Bonchev–Trinajstić information content (AvgIpc) is 1.35. The van der Waals surface area contributed by atoms with Gasteiger partial charge in [-0.05, 0) is 0 Å². The molecule has 0 fully saturated rings. The first kappa shape index (κ1) is 7.10. The van der Waals surface area contributed by atoms with E-state index in [0.29, 0.717) is 3.12 Å². The maximum absolute atomic E-state index is 4.97. The molecular formula is C4H9BiS. The van der Waals surface area contributed by atoms with Gasteiger partial charge in [-0.25, -0.2) is 0 Å². The first-order chi connectivity index (χ1) is 2.56. The van der Waals surface area contributed by atoms with Crippen molar-refractivity contribution in [2.75, 3.05) is 0 Å². The van der Waals surface area contributed by atoms with Crippen LogP contribution in [0.15, 0.2) is 0 Å². The van der Waals surface area contributed by atoms with E-state index in [0.717, 1.165) is 0 Å². The minimum atomic E-state index is -0.470. The van der Waals surface area contributed by atoms with Crippen LogP contribution in [0.5, 0.6) is 0 Å². The third-order valence-electron chi connectivity index (χ3n) is 0.274. The summed E-state index contributed by atoms with van der Waals surface area (Å²) in [5, 5.41) is 0. The molecule has 6 heavy (non-hydrogen) atoms. The van der Waals surface area contributed by atoms with Crippen molar-refractivity contribution >= 4 is 30.1 Å². The molecule has 0 atom stereocenters. The zero-order chi connectivity index (χ0) is 5.21. The topological polar surface area (TPSA) is 0 Å². The van der Waals surface area contributed by atoms with E-state index in [1.807, 2.05) is 0 Å². The molecular weight excluding hydrogens is 289 g/mol. The standard InChI is InChI=1S/C4H9.Bi.S/c1-4(2)3;;/h1-3H3;;. The molecule has 0 aromatic rings. The predicted octanol–water partition coefficient (Wildman–Crippen LogP) is 2.02. The van der Waals surface area contributed by atoms with Gasteiger partial charge in [0.15, 0.2) is 0 Å². The Kier molecular flexibility index (Phi) is 2.87. The summed E-state index contributed by atoms with van der Waals surface area (Å²) < 4.78 is 0.537. The first-order valence-corrected chi connectivity index (χ1v) is 8.27. The second kappa shape index (κ2) is 2.42. The van der Waals surface area contributed by atoms with Crippen LogP contribution >= 0.6 is 8.86 Å². The van der Waals surface area contributed by atoms with Gasteiger partial charge in [-0.3, -0.25) is 0 Å². The summed E-state index contributed by atoms with van der Waals surface area (Å²) in [5.41, 5.74) is 0. The Hall–Kier alpha value is 1.10. The third kappa shape index (κ3) is 5.10. The van der Waals surface area contributed by atoms with Crippen LogP contribution in [0.4, 0.5) is 0 Å². The molecule has 0 aliphatic carbocycles. The van der Waals surface area contributed by atoms with Gasteiger partial charge in [-0.1, -0.05) is 0 Å². The van der Waals surface area contributed by atoms with Gasteiger partial charge >= 0.3 is 53.9 Å². The fourth-order valence-corrected chi connectivity index (χ4v) is 0. The SMILES string of the molecule is C[C](C)(C)[Bi]=[S]. The van der Waals surface area contributed by atoms with Gasteiger partial charge in [0.1, 0.15) is 0 Å². The maximum atomic E-state index is 4.97. The first-order valence-electron chi connectivity index (χ1n) is 1.91. The van der Waals surface area contributed by atoms with E-state index in [1.165, 1.54) is 0 Å². The molecule has 0 heterocycles. The fourth-order valence-electron chi connectivity index (χ4n) is 0. The van der Waals surface area contributed by atoms with Crippen molar-refractivity contribution in [3.63, 3.8) is 0 Å². The van der Waals surface area contributed by atoms with Gasteiger partial charge in [-0.2, -0.15) is 0 Å². The predicted molar refractivity (Wildman–Crippen MR) is 33.1 cm³/mol. The second-order valence-electron chi connectivity index (χ2n) is 2.26. The van der Waals surface area contributed by atoms with E-state index >= 15 is 0 Å². The van der Waals surface area contributed by atoms with E-state index in [1.54, 1.807) is 0 Å². The third-order valence-corrected chi connectivity index (χ3v) is 7.21. The van der Waals surface area contributed by atoms with E-state index in [4.69, 9.17) is 8.86 Å². The summed E-state index contributed by atoms with van der Waals surface area (Å²) in [5.74, 6) is 0. The van der Waals surface area contributed by atoms with Crippen LogP contribution in [0.3, 0.4) is 0 Å². The summed E-state index contributed by atoms with van der Waals surface area (Å²) in [6, 6.07) is 0. The Morgan fingerprint density at radius 2 is 1.50 bits per heavy atom. The molecule has 0 saturated carbocycles. The van der Waals surface area contributed by atoms with Crippen LogP contribution in [0.2, 0.25) is 3.12 Å². The fraction of sp³-hybridized carbons (Fsp3) is 1.00. The Balaban J connectivity index is 3.45. The van der Waals surface area contributed by atoms with Crippen molar-refractivity contribution in [2.45, 2.75) is 23.9 Å². The molecule has 0 unspecified atom stereocenters. The molecule has 0 aliphatic rings. The van der Waals surface area contributed by atoms with Gasteiger partial charge in [0.25, 0.3) is 0 Å². The summed E-state index contributed by atoms with van der Waals surface area (Å²) in [6.07, 6.45) is 0. The van der Waals surface area contributed by atoms with Crippen LogP contribution in [0, 0.1) is 0 Å². The minimum absolute atomic E-state index is 0.470. The molecule has 0 radical (unpaired) electrons. The number of rotatable bonds is 0. The van der Waals surface area contributed by atoms with Crippen LogP contribution in [-0.4, -0.2) is 21.2 Å². The van der Waals surface area contributed by atoms with Crippen molar-refractivity contribution in [1.29, 1.82) is 0 Å². The van der Waals surface area contributed by atoms with Gasteiger partial charge in [-0.15, -0.1) is 0 Å². The molecule has 36 valence electrons. The summed E-state index contributed by atoms with van der Waals surface area (Å²) >= 11 is -0.470. The molecule has 0 amide bonds. The Labute approximate surface area is 53.8 Å². The summed E-state index contributed by atoms with van der Waals surface area (Å²) in [7, 11) is 4.97. The molecule has 0 bridgehead atoms. The molecule has 0 spiro atoms. The van der Waals surface area contributed by atoms with E-state index in [9.17, 15) is 0 Å². The Bertz CT molecular complexity index is 53.1. The molecule has 0 saturated heterocycles. The van der Waals surface area contributed by atoms with Gasteiger partial charge in [0, 0.05) is 0 Å². The monoisotopic (exact) mass is 298 g/mol. The van der Waals surface area contributed by atoms with Crippen LogP contribution in [0.1, 0.15) is 20.8 Å². The van der Waals surface area contributed by atoms with Crippen molar-refractivity contribution in [3.05, 3.63) is 0 Å². The average molecular weight is 298 g/mol. The molecule has 0 aromatic carbocycles. The molecule has 2 heteroatoms. The van der Waals surface area contributed by atoms with Crippen LogP contribution in [0.25, 0.3) is 0 Å². The van der Waals surface area contributed by atoms with Crippen LogP contribution < -0.4 is 0 Å². The Morgan fingerprint density at radius 3 is 1.50 bits per heavy atom. The van der Waals surface area contributed by atoms with Gasteiger partial charge in [0.2, 0.25) is 0 Å². The van der Waals surface area contributed by atoms with Gasteiger partial charge < -0.3 is 0 Å². The molecule has 0 rings (SSSR count). The molecule has 0 aliphatic heterocycles. The van der Waals surface area contributed by atoms with Crippen molar-refractivity contribution in [1.82, 2.24) is 0 Å². The van der Waals surface area contributed by atoms with Gasteiger partial charge in [0.05, 0.1) is 0 Å². The quantitative estimate of drug-likeness (QED) is 0.617. The van der Waals surface area contributed by atoms with E-state index in [2.05, 4.69) is 20.8 Å². The summed E-state index contributed by atoms with van der Waals surface area (Å²) in [4.78, 5) is 0. The van der Waals surface area contributed by atoms with Crippen molar-refractivity contribution in [3.8, 4) is 0 Å². The molecule has 0 aromatic heterocycles. The molecule has 0 nitrogen and oxygen atoms in total. The molecule has 0 N–H and O–H groups in total. The normalized spacial score (nSPS) is 11.2. The van der Waals surface area contributed by atoms with E-state index in [-0.39, 0.29) is 0 Å².